The van der Waals surface area contributed by atoms with Crippen LogP contribution in [0.5, 0.6) is 11.5 Å². The molecule has 2 N–H and O–H groups in total. The smallest absolute Gasteiger partial charge is 0.330 e. The molecule has 25 heavy (non-hydrogen) atoms. The van der Waals surface area contributed by atoms with Crippen molar-refractivity contribution in [1.82, 2.24) is 10.2 Å². The van der Waals surface area contributed by atoms with Crippen molar-refractivity contribution in [2.45, 2.75) is 19.8 Å². The highest BCUT2D eigenvalue weighted by atomic mass is 16.7. The van der Waals surface area contributed by atoms with Gasteiger partial charge in [-0.05, 0) is 18.6 Å². The molecule has 132 valence electrons. The summed E-state index contributed by atoms with van der Waals surface area (Å²) >= 11 is 0. The average molecular weight is 345 g/mol. The van der Waals surface area contributed by atoms with E-state index >= 15 is 0 Å². The Bertz CT molecular complexity index is 746. The second kappa shape index (κ2) is 6.84. The first-order valence-corrected chi connectivity index (χ1v) is 8.03. The Kier molecular flexibility index (Phi) is 4.60. The van der Waals surface area contributed by atoms with Crippen LogP contribution in [0.1, 0.15) is 19.8 Å². The molecule has 8 heteroatoms. The summed E-state index contributed by atoms with van der Waals surface area (Å²) in [5.74, 6) is -1.22. The standard InChI is InChI=1S/C17H19N3O5/c1-3-4-7-20-16(22)14(15(21)19-17(20)23)10(2)18-11-5-6-12-13(8-11)25-9-24-12/h5-6,8,14,18H,2-4,7,9H2,1H3,(H,19,21,23)/t14-/m1/s1. The number of fused-ring (bicyclic) bond motifs is 1. The first kappa shape index (κ1) is 16.8. The molecule has 1 fully saturated rings. The van der Waals surface area contributed by atoms with E-state index in [-0.39, 0.29) is 19.0 Å². The second-order valence-electron chi connectivity index (χ2n) is 5.79. The third kappa shape index (κ3) is 3.28. The van der Waals surface area contributed by atoms with Gasteiger partial charge in [0.15, 0.2) is 17.4 Å². The van der Waals surface area contributed by atoms with E-state index in [1.165, 1.54) is 0 Å². The van der Waals surface area contributed by atoms with Crippen LogP contribution in [0, 0.1) is 5.92 Å². The van der Waals surface area contributed by atoms with Crippen molar-refractivity contribution in [3.63, 3.8) is 0 Å². The minimum Gasteiger partial charge on any atom is -0.454 e. The summed E-state index contributed by atoms with van der Waals surface area (Å²) in [6, 6.07) is 4.45. The third-order valence-corrected chi connectivity index (χ3v) is 4.01. The van der Waals surface area contributed by atoms with Crippen LogP contribution in [0.15, 0.2) is 30.5 Å². The van der Waals surface area contributed by atoms with Gasteiger partial charge in [-0.25, -0.2) is 4.79 Å². The summed E-state index contributed by atoms with van der Waals surface area (Å²) in [5, 5.41) is 5.15. The van der Waals surface area contributed by atoms with E-state index in [1.54, 1.807) is 18.2 Å². The summed E-state index contributed by atoms with van der Waals surface area (Å²) in [4.78, 5) is 37.6. The molecule has 4 amide bonds. The summed E-state index contributed by atoms with van der Waals surface area (Å²) < 4.78 is 10.5. The Balaban J connectivity index is 1.74. The number of carbonyl (C=O) groups excluding carboxylic acids is 3. The number of anilines is 1. The molecule has 1 saturated heterocycles. The fraction of sp³-hybridized carbons (Fsp3) is 0.353. The zero-order chi connectivity index (χ0) is 18.0. The van der Waals surface area contributed by atoms with Crippen molar-refractivity contribution in [2.75, 3.05) is 18.7 Å². The molecule has 8 nitrogen and oxygen atoms in total. The molecule has 0 spiro atoms. The number of rotatable bonds is 6. The highest BCUT2D eigenvalue weighted by Gasteiger charge is 2.41. The SMILES string of the molecule is C=C(Nc1ccc2c(c1)OCO2)[C@@H]1C(=O)NC(=O)N(CCCC)C1=O. The first-order chi connectivity index (χ1) is 12.0. The predicted molar refractivity (Wildman–Crippen MR) is 89.0 cm³/mol. The molecular weight excluding hydrogens is 326 g/mol. The molecule has 0 aromatic heterocycles. The van der Waals surface area contributed by atoms with Crippen molar-refractivity contribution in [1.29, 1.82) is 0 Å². The lowest BCUT2D eigenvalue weighted by Crippen LogP contribution is -2.58. The van der Waals surface area contributed by atoms with Gasteiger partial charge in [0, 0.05) is 24.0 Å². The Labute approximate surface area is 144 Å². The molecule has 0 aliphatic carbocycles. The zero-order valence-corrected chi connectivity index (χ0v) is 13.8. The van der Waals surface area contributed by atoms with E-state index in [2.05, 4.69) is 17.2 Å². The van der Waals surface area contributed by atoms with E-state index < -0.39 is 23.8 Å². The average Bonchev–Trinajstić information content (AvgIpc) is 3.02. The summed E-state index contributed by atoms with van der Waals surface area (Å²) in [6.07, 6.45) is 1.49. The highest BCUT2D eigenvalue weighted by Crippen LogP contribution is 2.35. The maximum absolute atomic E-state index is 12.6. The van der Waals surface area contributed by atoms with Gasteiger partial charge in [-0.15, -0.1) is 0 Å². The van der Waals surface area contributed by atoms with Crippen molar-refractivity contribution < 1.29 is 23.9 Å². The largest absolute Gasteiger partial charge is 0.454 e. The Morgan fingerprint density at radius 2 is 2.08 bits per heavy atom. The fourth-order valence-electron chi connectivity index (χ4n) is 2.68. The number of nitrogens with zero attached hydrogens (tertiary/aromatic N) is 1. The number of barbiturate groups is 1. The minimum absolute atomic E-state index is 0.151. The number of benzene rings is 1. The van der Waals surface area contributed by atoms with Gasteiger partial charge in [-0.1, -0.05) is 19.9 Å². The van der Waals surface area contributed by atoms with Gasteiger partial charge in [0.2, 0.25) is 18.6 Å². The number of hydrogen-bond acceptors (Lipinski definition) is 6. The van der Waals surface area contributed by atoms with Gasteiger partial charge in [0.05, 0.1) is 0 Å². The topological polar surface area (TPSA) is 97.0 Å². The number of carbonyl (C=O) groups is 3. The number of unbranched alkanes of at least 4 members (excludes halogenated alkanes) is 1. The Morgan fingerprint density at radius 3 is 2.84 bits per heavy atom. The number of hydrogen-bond donors (Lipinski definition) is 2. The molecular formula is C17H19N3O5. The fourth-order valence-corrected chi connectivity index (χ4v) is 2.68. The maximum atomic E-state index is 12.6. The molecule has 2 aliphatic rings. The molecule has 1 aromatic carbocycles. The summed E-state index contributed by atoms with van der Waals surface area (Å²) in [7, 11) is 0. The lowest BCUT2D eigenvalue weighted by molar-refractivity contribution is -0.140. The number of ether oxygens (including phenoxy) is 2. The van der Waals surface area contributed by atoms with Crippen LogP contribution in [-0.4, -0.2) is 36.1 Å². The number of imide groups is 2. The molecule has 1 aromatic rings. The first-order valence-electron chi connectivity index (χ1n) is 8.03. The van der Waals surface area contributed by atoms with Crippen molar-refractivity contribution in [2.24, 2.45) is 5.92 Å². The molecule has 1 atom stereocenters. The third-order valence-electron chi connectivity index (χ3n) is 4.01. The molecule has 2 aliphatic heterocycles. The highest BCUT2D eigenvalue weighted by molar-refractivity contribution is 6.17. The van der Waals surface area contributed by atoms with E-state index in [0.717, 1.165) is 11.3 Å². The van der Waals surface area contributed by atoms with Crippen LogP contribution in [-0.2, 0) is 9.59 Å². The quantitative estimate of drug-likeness (QED) is 0.764. The Morgan fingerprint density at radius 1 is 1.32 bits per heavy atom. The molecule has 0 bridgehead atoms. The van der Waals surface area contributed by atoms with E-state index in [1.807, 2.05) is 6.92 Å². The predicted octanol–water partition coefficient (Wildman–Crippen LogP) is 1.84. The van der Waals surface area contributed by atoms with E-state index in [0.29, 0.717) is 23.6 Å². The normalized spacial score (nSPS) is 19.0. The van der Waals surface area contributed by atoms with Gasteiger partial charge in [0.25, 0.3) is 0 Å². The van der Waals surface area contributed by atoms with Crippen LogP contribution < -0.4 is 20.1 Å². The van der Waals surface area contributed by atoms with Crippen LogP contribution in [0.2, 0.25) is 0 Å². The van der Waals surface area contributed by atoms with Crippen molar-refractivity contribution >= 4 is 23.5 Å². The van der Waals surface area contributed by atoms with Crippen LogP contribution >= 0.6 is 0 Å². The van der Waals surface area contributed by atoms with Crippen molar-refractivity contribution in [3.05, 3.63) is 30.5 Å². The zero-order valence-electron chi connectivity index (χ0n) is 13.8. The molecule has 0 radical (unpaired) electrons. The number of nitrogens with one attached hydrogen (secondary N) is 2. The molecule has 2 heterocycles. The van der Waals surface area contributed by atoms with Gasteiger partial charge in [0.1, 0.15) is 0 Å². The van der Waals surface area contributed by atoms with Crippen LogP contribution in [0.3, 0.4) is 0 Å². The van der Waals surface area contributed by atoms with Crippen molar-refractivity contribution in [3.8, 4) is 11.5 Å². The van der Waals surface area contributed by atoms with Gasteiger partial charge in [-0.2, -0.15) is 0 Å². The second-order valence-corrected chi connectivity index (χ2v) is 5.79. The lowest BCUT2D eigenvalue weighted by Gasteiger charge is -2.31. The monoisotopic (exact) mass is 345 g/mol. The van der Waals surface area contributed by atoms with Gasteiger partial charge < -0.3 is 14.8 Å². The Hall–Kier alpha value is -3.03. The van der Waals surface area contributed by atoms with Gasteiger partial charge >= 0.3 is 6.03 Å². The van der Waals surface area contributed by atoms with E-state index in [4.69, 9.17) is 9.47 Å². The molecule has 3 rings (SSSR count). The lowest BCUT2D eigenvalue weighted by atomic mass is 10.0. The molecule has 0 saturated carbocycles. The van der Waals surface area contributed by atoms with Crippen LogP contribution in [0.4, 0.5) is 10.5 Å². The van der Waals surface area contributed by atoms with Gasteiger partial charge in [-0.3, -0.25) is 19.8 Å². The number of amides is 4. The summed E-state index contributed by atoms with van der Waals surface area (Å²) in [5.41, 5.74) is 0.794. The molecule has 0 unspecified atom stereocenters. The maximum Gasteiger partial charge on any atom is 0.330 e. The van der Waals surface area contributed by atoms with E-state index in [9.17, 15) is 14.4 Å². The number of urea groups is 1. The minimum atomic E-state index is -1.17. The van der Waals surface area contributed by atoms with Crippen LogP contribution in [0.25, 0.3) is 0 Å². The summed E-state index contributed by atoms with van der Waals surface area (Å²) in [6.45, 7) is 6.18.